The molecule has 1 aliphatic heterocycles. The third kappa shape index (κ3) is 3.11. The van der Waals surface area contributed by atoms with Gasteiger partial charge in [0.25, 0.3) is 0 Å². The average molecular weight is 307 g/mol. The third-order valence-corrected chi connectivity index (χ3v) is 4.46. The molecule has 112 valence electrons. The lowest BCUT2D eigenvalue weighted by atomic mass is 9.96. The predicted octanol–water partition coefficient (Wildman–Crippen LogP) is 0.631. The van der Waals surface area contributed by atoms with Gasteiger partial charge < -0.3 is 10.0 Å². The van der Waals surface area contributed by atoms with Crippen LogP contribution < -0.4 is 0 Å². The zero-order valence-corrected chi connectivity index (χ0v) is 12.5. The van der Waals surface area contributed by atoms with Crippen molar-refractivity contribution in [1.29, 1.82) is 0 Å². The number of tetrazole rings is 1. The minimum absolute atomic E-state index is 0.0538. The van der Waals surface area contributed by atoms with Gasteiger partial charge in [0.05, 0.1) is 6.10 Å². The fourth-order valence-electron chi connectivity index (χ4n) is 2.31. The first-order chi connectivity index (χ1) is 10.1. The summed E-state index contributed by atoms with van der Waals surface area (Å²) >= 11 is 1.56. The van der Waals surface area contributed by atoms with Gasteiger partial charge in [0.2, 0.25) is 11.7 Å². The number of aliphatic hydroxyl groups excluding tert-OH is 1. The molecule has 1 saturated heterocycles. The smallest absolute Gasteiger partial charge is 0.246 e. The number of thiophene rings is 1. The van der Waals surface area contributed by atoms with Crippen LogP contribution in [0, 0.1) is 5.92 Å². The first-order valence-electron chi connectivity index (χ1n) is 6.89. The number of β-amino-alcohol motifs (C(OH)–C–C–N with tert-alkyl or cyclic N) is 1. The summed E-state index contributed by atoms with van der Waals surface area (Å²) in [4.78, 5) is 15.2. The van der Waals surface area contributed by atoms with Gasteiger partial charge in [0, 0.05) is 24.0 Å². The molecule has 3 rings (SSSR count). The topological polar surface area (TPSA) is 84.1 Å². The number of aliphatic hydroxyl groups is 1. The molecule has 2 unspecified atom stereocenters. The number of piperidine rings is 1. The van der Waals surface area contributed by atoms with E-state index in [-0.39, 0.29) is 18.4 Å². The molecule has 0 aromatic carbocycles. The summed E-state index contributed by atoms with van der Waals surface area (Å²) in [5.41, 5.74) is 0.904. The van der Waals surface area contributed by atoms with Crippen LogP contribution in [0.4, 0.5) is 0 Å². The minimum atomic E-state index is -0.451. The Morgan fingerprint density at radius 1 is 1.57 bits per heavy atom. The van der Waals surface area contributed by atoms with E-state index in [1.807, 2.05) is 23.8 Å². The van der Waals surface area contributed by atoms with Crippen LogP contribution in [0.1, 0.15) is 13.3 Å². The Bertz CT molecular complexity index is 612. The molecule has 21 heavy (non-hydrogen) atoms. The molecular formula is C13H17N5O2S. The largest absolute Gasteiger partial charge is 0.391 e. The number of nitrogens with zero attached hydrogens (tertiary/aromatic N) is 5. The maximum atomic E-state index is 12.2. The molecule has 2 atom stereocenters. The van der Waals surface area contributed by atoms with Crippen LogP contribution in [0.25, 0.3) is 11.4 Å². The van der Waals surface area contributed by atoms with Crippen molar-refractivity contribution in [3.63, 3.8) is 0 Å². The number of carbonyl (C=O) groups excluding carboxylic acids is 1. The van der Waals surface area contributed by atoms with E-state index in [1.54, 1.807) is 16.2 Å². The summed E-state index contributed by atoms with van der Waals surface area (Å²) in [5.74, 6) is 0.676. The van der Waals surface area contributed by atoms with E-state index in [4.69, 9.17) is 0 Å². The van der Waals surface area contributed by atoms with Crippen LogP contribution >= 0.6 is 11.3 Å². The molecular weight excluding hydrogens is 290 g/mol. The molecule has 0 bridgehead atoms. The van der Waals surface area contributed by atoms with Crippen molar-refractivity contribution >= 4 is 17.2 Å². The standard InChI is InChI=1S/C13H17N5O2S/c1-9-2-4-17(6-11(9)19)12(20)7-18-15-13(14-16-18)10-3-5-21-8-10/h3,5,8-9,11,19H,2,4,6-7H2,1H3. The van der Waals surface area contributed by atoms with Crippen molar-refractivity contribution < 1.29 is 9.90 Å². The molecule has 1 N–H and O–H groups in total. The summed E-state index contributed by atoms with van der Waals surface area (Å²) in [6.45, 7) is 3.10. The molecule has 8 heteroatoms. The van der Waals surface area contributed by atoms with E-state index in [9.17, 15) is 9.90 Å². The number of carbonyl (C=O) groups is 1. The Morgan fingerprint density at radius 2 is 2.43 bits per heavy atom. The fourth-order valence-corrected chi connectivity index (χ4v) is 2.95. The Kier molecular flexibility index (Phi) is 3.98. The molecule has 1 amide bonds. The van der Waals surface area contributed by atoms with Crippen LogP contribution in [0.5, 0.6) is 0 Å². The summed E-state index contributed by atoms with van der Waals surface area (Å²) in [6, 6.07) is 1.91. The maximum absolute atomic E-state index is 12.2. The number of aromatic nitrogens is 4. The molecule has 3 heterocycles. The zero-order valence-electron chi connectivity index (χ0n) is 11.7. The maximum Gasteiger partial charge on any atom is 0.246 e. The molecule has 0 radical (unpaired) electrons. The van der Waals surface area contributed by atoms with Gasteiger partial charge in [0.1, 0.15) is 6.54 Å². The number of likely N-dealkylation sites (tertiary alicyclic amines) is 1. The monoisotopic (exact) mass is 307 g/mol. The van der Waals surface area contributed by atoms with E-state index in [1.165, 1.54) is 4.80 Å². The van der Waals surface area contributed by atoms with Gasteiger partial charge in [-0.25, -0.2) is 0 Å². The molecule has 0 aliphatic carbocycles. The fraction of sp³-hybridized carbons (Fsp3) is 0.538. The zero-order chi connectivity index (χ0) is 14.8. The average Bonchev–Trinajstić information content (AvgIpc) is 3.12. The highest BCUT2D eigenvalue weighted by Gasteiger charge is 2.27. The molecule has 1 aliphatic rings. The van der Waals surface area contributed by atoms with Crippen LogP contribution in [0.15, 0.2) is 16.8 Å². The van der Waals surface area contributed by atoms with E-state index in [2.05, 4.69) is 15.4 Å². The van der Waals surface area contributed by atoms with Gasteiger partial charge in [-0.05, 0) is 29.0 Å². The lowest BCUT2D eigenvalue weighted by Crippen LogP contribution is -2.47. The summed E-state index contributed by atoms with van der Waals surface area (Å²) in [5, 5.41) is 25.8. The van der Waals surface area contributed by atoms with Crippen molar-refractivity contribution in [3.8, 4) is 11.4 Å². The number of hydrogen-bond acceptors (Lipinski definition) is 6. The highest BCUT2D eigenvalue weighted by molar-refractivity contribution is 7.08. The Balaban J connectivity index is 1.63. The van der Waals surface area contributed by atoms with E-state index in [0.29, 0.717) is 18.9 Å². The van der Waals surface area contributed by atoms with E-state index < -0.39 is 6.10 Å². The second-order valence-corrected chi connectivity index (χ2v) is 6.11. The van der Waals surface area contributed by atoms with Crippen molar-refractivity contribution in [2.75, 3.05) is 13.1 Å². The molecule has 7 nitrogen and oxygen atoms in total. The normalized spacial score (nSPS) is 22.5. The number of rotatable bonds is 3. The Hall–Kier alpha value is -1.80. The summed E-state index contributed by atoms with van der Waals surface area (Å²) in [7, 11) is 0. The second-order valence-electron chi connectivity index (χ2n) is 5.33. The van der Waals surface area contributed by atoms with Crippen LogP contribution in [0.2, 0.25) is 0 Å². The van der Waals surface area contributed by atoms with E-state index in [0.717, 1.165) is 12.0 Å². The molecule has 0 saturated carbocycles. The van der Waals surface area contributed by atoms with Crippen molar-refractivity contribution in [2.24, 2.45) is 5.92 Å². The third-order valence-electron chi connectivity index (χ3n) is 3.78. The van der Waals surface area contributed by atoms with Gasteiger partial charge in [-0.2, -0.15) is 16.1 Å². The van der Waals surface area contributed by atoms with Crippen LogP contribution in [0.3, 0.4) is 0 Å². The first-order valence-corrected chi connectivity index (χ1v) is 7.84. The lowest BCUT2D eigenvalue weighted by Gasteiger charge is -2.34. The van der Waals surface area contributed by atoms with Gasteiger partial charge >= 0.3 is 0 Å². The second kappa shape index (κ2) is 5.90. The van der Waals surface area contributed by atoms with Gasteiger partial charge in [-0.3, -0.25) is 4.79 Å². The number of hydrogen-bond donors (Lipinski definition) is 1. The lowest BCUT2D eigenvalue weighted by molar-refractivity contribution is -0.136. The van der Waals surface area contributed by atoms with Gasteiger partial charge in [-0.1, -0.05) is 6.92 Å². The summed E-state index contributed by atoms with van der Waals surface area (Å²) < 4.78 is 0. The van der Waals surface area contributed by atoms with Crippen LogP contribution in [-0.4, -0.2) is 55.3 Å². The van der Waals surface area contributed by atoms with Crippen molar-refractivity contribution in [2.45, 2.75) is 26.0 Å². The Morgan fingerprint density at radius 3 is 3.14 bits per heavy atom. The van der Waals surface area contributed by atoms with Crippen molar-refractivity contribution in [1.82, 2.24) is 25.1 Å². The van der Waals surface area contributed by atoms with Crippen LogP contribution in [-0.2, 0) is 11.3 Å². The highest BCUT2D eigenvalue weighted by atomic mass is 32.1. The minimum Gasteiger partial charge on any atom is -0.391 e. The Labute approximate surface area is 126 Å². The molecule has 2 aromatic heterocycles. The van der Waals surface area contributed by atoms with Gasteiger partial charge in [-0.15, -0.1) is 10.2 Å². The van der Waals surface area contributed by atoms with E-state index >= 15 is 0 Å². The molecule has 1 fully saturated rings. The number of amides is 1. The predicted molar refractivity (Wildman–Crippen MR) is 77.5 cm³/mol. The van der Waals surface area contributed by atoms with Gasteiger partial charge in [0.15, 0.2) is 0 Å². The molecule has 2 aromatic rings. The quantitative estimate of drug-likeness (QED) is 0.899. The SMILES string of the molecule is CC1CCN(C(=O)Cn2nnc(-c3ccsc3)n2)CC1O. The molecule has 0 spiro atoms. The highest BCUT2D eigenvalue weighted by Crippen LogP contribution is 2.18. The van der Waals surface area contributed by atoms with Crippen molar-refractivity contribution in [3.05, 3.63) is 16.8 Å². The summed E-state index contributed by atoms with van der Waals surface area (Å²) in [6.07, 6.45) is 0.366. The first kappa shape index (κ1) is 14.2.